The van der Waals surface area contributed by atoms with Crippen LogP contribution >= 0.6 is 0 Å². The maximum atomic E-state index is 13.5. The van der Waals surface area contributed by atoms with E-state index in [0.717, 1.165) is 44.4 Å². The Hall–Kier alpha value is -3.55. The molecule has 0 bridgehead atoms. The van der Waals surface area contributed by atoms with Crippen LogP contribution in [0, 0.1) is 5.82 Å². The largest absolute Gasteiger partial charge is 0.748 e. The van der Waals surface area contributed by atoms with Gasteiger partial charge in [-0.2, -0.15) is 0 Å². The summed E-state index contributed by atoms with van der Waals surface area (Å²) in [5.41, 5.74) is 7.61. The lowest BCUT2D eigenvalue weighted by molar-refractivity contribution is -0.342. The maximum absolute atomic E-state index is 13.5. The van der Waals surface area contributed by atoms with E-state index in [1.54, 1.807) is 0 Å². The fraction of sp³-hybridized carbons (Fsp3) is 0.0417. The summed E-state index contributed by atoms with van der Waals surface area (Å²) < 4.78 is 40.7. The number of halogens is 1. The highest BCUT2D eigenvalue weighted by molar-refractivity contribution is 7.84. The molecule has 0 spiro atoms. The molecule has 0 aliphatic carbocycles. The van der Waals surface area contributed by atoms with Gasteiger partial charge in [0.05, 0.1) is 21.3 Å². The van der Waals surface area contributed by atoms with E-state index in [9.17, 15) is 4.39 Å². The molecule has 7 heteroatoms. The number of hydrogen-bond donors (Lipinski definition) is 2. The summed E-state index contributed by atoms with van der Waals surface area (Å²) in [6.07, 6.45) is 4.67. The molecule has 3 aromatic carbocycles. The van der Waals surface area contributed by atoms with Gasteiger partial charge in [-0.1, -0.05) is 42.5 Å². The molecule has 4 aromatic rings. The number of aromatic nitrogens is 1. The predicted octanol–water partition coefficient (Wildman–Crippen LogP) is 3.22. The Morgan fingerprint density at radius 2 is 1.61 bits per heavy atom. The molecule has 5 rings (SSSR count). The summed E-state index contributed by atoms with van der Waals surface area (Å²) in [6, 6.07) is 23.2. The summed E-state index contributed by atoms with van der Waals surface area (Å²) >= 11 is 0. The number of nitrogens with one attached hydrogen (secondary N) is 2. The third-order valence-corrected chi connectivity index (χ3v) is 4.85. The van der Waals surface area contributed by atoms with Crippen molar-refractivity contribution >= 4 is 44.1 Å². The van der Waals surface area contributed by atoms with Crippen molar-refractivity contribution in [2.24, 2.45) is 0 Å². The van der Waals surface area contributed by atoms with Crippen LogP contribution in [-0.2, 0) is 10.1 Å². The topological polar surface area (TPSA) is 87.0 Å². The van der Waals surface area contributed by atoms with Crippen molar-refractivity contribution in [3.8, 4) is 0 Å². The molecule has 1 aromatic heterocycles. The SMILES string of the molecule is CS(=O)(=O)[O-].Fc1ccc(/C(=C2/C=[NH+]c3ccccc32)c2c[nH]c3ccccc23)cc1. The zero-order chi connectivity index (χ0) is 22.0. The smallest absolute Gasteiger partial charge is 0.211 e. The van der Waals surface area contributed by atoms with Gasteiger partial charge < -0.3 is 9.54 Å². The molecule has 156 valence electrons. The number of allylic oxidation sites excluding steroid dienone is 1. The average Bonchev–Trinajstić information content (AvgIpc) is 3.34. The van der Waals surface area contributed by atoms with Crippen LogP contribution in [0.3, 0.4) is 0 Å². The molecule has 31 heavy (non-hydrogen) atoms. The highest BCUT2D eigenvalue weighted by Gasteiger charge is 2.24. The minimum Gasteiger partial charge on any atom is -0.748 e. The molecular weight excluding hydrogens is 415 g/mol. The molecule has 5 nitrogen and oxygen atoms in total. The lowest BCUT2D eigenvalue weighted by atomic mass is 9.90. The number of fused-ring (bicyclic) bond motifs is 2. The normalized spacial score (nSPS) is 14.2. The van der Waals surface area contributed by atoms with Crippen LogP contribution < -0.4 is 4.99 Å². The summed E-state index contributed by atoms with van der Waals surface area (Å²) in [5, 5.41) is 1.15. The van der Waals surface area contributed by atoms with Gasteiger partial charge in [0.15, 0.2) is 6.21 Å². The van der Waals surface area contributed by atoms with E-state index in [2.05, 4.69) is 34.2 Å². The van der Waals surface area contributed by atoms with Crippen LogP contribution in [0.25, 0.3) is 22.0 Å². The summed E-state index contributed by atoms with van der Waals surface area (Å²) in [5.74, 6) is -0.231. The summed E-state index contributed by atoms with van der Waals surface area (Å²) in [6.45, 7) is 0. The second-order valence-electron chi connectivity index (χ2n) is 7.08. The van der Waals surface area contributed by atoms with Crippen molar-refractivity contribution in [2.75, 3.05) is 6.26 Å². The lowest BCUT2D eigenvalue weighted by Gasteiger charge is -2.10. The first-order valence-electron chi connectivity index (χ1n) is 9.48. The molecule has 1 aliphatic heterocycles. The van der Waals surface area contributed by atoms with Crippen LogP contribution in [0.1, 0.15) is 16.7 Å². The quantitative estimate of drug-likeness (QED) is 0.475. The maximum Gasteiger partial charge on any atom is 0.211 e. The van der Waals surface area contributed by atoms with Crippen molar-refractivity contribution < 1.29 is 22.4 Å². The molecule has 2 N–H and O–H groups in total. The third kappa shape index (κ3) is 4.63. The van der Waals surface area contributed by atoms with Crippen LogP contribution in [-0.4, -0.2) is 30.4 Å². The average molecular weight is 434 g/mol. The minimum absolute atomic E-state index is 0.231. The number of benzene rings is 3. The van der Waals surface area contributed by atoms with E-state index in [-0.39, 0.29) is 5.82 Å². The van der Waals surface area contributed by atoms with Gasteiger partial charge in [-0.05, 0) is 29.8 Å². The second kappa shape index (κ2) is 8.29. The van der Waals surface area contributed by atoms with Crippen LogP contribution in [0.5, 0.6) is 0 Å². The first-order chi connectivity index (χ1) is 14.8. The molecule has 1 aliphatic rings. The van der Waals surface area contributed by atoms with Crippen molar-refractivity contribution in [3.63, 3.8) is 0 Å². The Kier molecular flexibility index (Phi) is 5.54. The Labute approximate surface area is 179 Å². The third-order valence-electron chi connectivity index (χ3n) is 4.85. The Morgan fingerprint density at radius 1 is 0.968 bits per heavy atom. The van der Waals surface area contributed by atoms with Crippen LogP contribution in [0.15, 0.2) is 79.0 Å². The van der Waals surface area contributed by atoms with Crippen molar-refractivity contribution in [1.82, 2.24) is 4.98 Å². The van der Waals surface area contributed by atoms with Crippen molar-refractivity contribution in [3.05, 3.63) is 102 Å². The molecule has 0 fully saturated rings. The first kappa shape index (κ1) is 20.7. The number of aromatic amines is 1. The summed E-state index contributed by atoms with van der Waals surface area (Å²) in [7, 11) is -3.92. The second-order valence-corrected chi connectivity index (χ2v) is 8.49. The zero-order valence-corrected chi connectivity index (χ0v) is 17.4. The lowest BCUT2D eigenvalue weighted by Crippen LogP contribution is -2.58. The fourth-order valence-corrected chi connectivity index (χ4v) is 3.63. The number of para-hydroxylation sites is 2. The fourth-order valence-electron chi connectivity index (χ4n) is 3.63. The van der Waals surface area contributed by atoms with E-state index >= 15 is 0 Å². The van der Waals surface area contributed by atoms with Gasteiger partial charge in [0.1, 0.15) is 5.82 Å². The van der Waals surface area contributed by atoms with E-state index in [1.807, 2.05) is 48.8 Å². The van der Waals surface area contributed by atoms with Crippen LogP contribution in [0.4, 0.5) is 10.1 Å². The monoisotopic (exact) mass is 434 g/mol. The van der Waals surface area contributed by atoms with Gasteiger partial charge in [0.2, 0.25) is 5.69 Å². The molecule has 0 radical (unpaired) electrons. The van der Waals surface area contributed by atoms with Gasteiger partial charge in [-0.15, -0.1) is 0 Å². The Balaban J connectivity index is 0.000000418. The summed E-state index contributed by atoms with van der Waals surface area (Å²) in [4.78, 5) is 6.71. The van der Waals surface area contributed by atoms with Gasteiger partial charge in [0, 0.05) is 40.6 Å². The molecule has 0 unspecified atom stereocenters. The van der Waals surface area contributed by atoms with E-state index in [1.165, 1.54) is 12.1 Å². The van der Waals surface area contributed by atoms with E-state index < -0.39 is 10.1 Å². The number of H-pyrrole nitrogens is 1. The standard InChI is InChI=1S/C23H15FN2.CH4O3S/c24-16-11-9-15(10-12-16)23(19-13-25-21-7-3-1-5-17(19)21)20-14-26-22-8-4-2-6-18(20)22;1-5(2,3)4/h1-14,25H;1H3,(H,2,3,4)/b23-20+;. The number of rotatable bonds is 2. The molecule has 0 saturated carbocycles. The van der Waals surface area contributed by atoms with E-state index in [0.29, 0.717) is 6.26 Å². The minimum atomic E-state index is -3.92. The highest BCUT2D eigenvalue weighted by atomic mass is 32.2. The van der Waals surface area contributed by atoms with E-state index in [4.69, 9.17) is 13.0 Å². The van der Waals surface area contributed by atoms with Crippen molar-refractivity contribution in [2.45, 2.75) is 0 Å². The predicted molar refractivity (Wildman–Crippen MR) is 119 cm³/mol. The Bertz CT molecular complexity index is 1410. The van der Waals surface area contributed by atoms with Crippen molar-refractivity contribution in [1.29, 1.82) is 0 Å². The molecule has 0 amide bonds. The van der Waals surface area contributed by atoms with Crippen LogP contribution in [0.2, 0.25) is 0 Å². The molecule has 0 saturated heterocycles. The number of hydrogen-bond acceptors (Lipinski definition) is 3. The van der Waals surface area contributed by atoms with Gasteiger partial charge in [0.25, 0.3) is 0 Å². The van der Waals surface area contributed by atoms with Gasteiger partial charge in [-0.3, -0.25) is 0 Å². The Morgan fingerprint density at radius 3 is 2.35 bits per heavy atom. The molecular formula is C24H19FN2O3S. The molecule has 2 heterocycles. The zero-order valence-electron chi connectivity index (χ0n) is 16.6. The van der Waals surface area contributed by atoms with Gasteiger partial charge >= 0.3 is 0 Å². The van der Waals surface area contributed by atoms with Gasteiger partial charge in [-0.25, -0.2) is 17.8 Å². The molecule has 0 atom stereocenters. The highest BCUT2D eigenvalue weighted by Crippen LogP contribution is 2.37. The first-order valence-corrected chi connectivity index (χ1v) is 11.3.